The van der Waals surface area contributed by atoms with E-state index in [0.29, 0.717) is 18.8 Å². The molecule has 0 spiro atoms. The average Bonchev–Trinajstić information content (AvgIpc) is 2.45. The molecule has 1 aromatic rings. The average molecular weight is 312 g/mol. The van der Waals surface area contributed by atoms with Crippen LogP contribution in [0.15, 0.2) is 24.3 Å². The van der Waals surface area contributed by atoms with Crippen LogP contribution in [0.3, 0.4) is 0 Å². The first-order valence-corrected chi connectivity index (χ1v) is 8.21. The Bertz CT molecular complexity index is 624. The van der Waals surface area contributed by atoms with Gasteiger partial charge >= 0.3 is 0 Å². The maximum Gasteiger partial charge on any atom is 0.277 e. The number of rotatable bonds is 3. The molecule has 1 aliphatic heterocycles. The molecule has 0 saturated carbocycles. The van der Waals surface area contributed by atoms with Gasteiger partial charge in [0.15, 0.2) is 0 Å². The van der Waals surface area contributed by atoms with Gasteiger partial charge in [0.05, 0.1) is 5.92 Å². The molecule has 2 rings (SSSR count). The van der Waals surface area contributed by atoms with Crippen molar-refractivity contribution in [1.29, 1.82) is 0 Å². The Morgan fingerprint density at radius 3 is 2.38 bits per heavy atom. The van der Waals surface area contributed by atoms with Gasteiger partial charge in [-0.05, 0) is 24.6 Å². The summed E-state index contributed by atoms with van der Waals surface area (Å²) in [5.74, 6) is -0.343. The third-order valence-corrected chi connectivity index (χ3v) is 4.78. The van der Waals surface area contributed by atoms with Crippen molar-refractivity contribution >= 4 is 21.8 Å². The molecule has 1 aliphatic rings. The summed E-state index contributed by atoms with van der Waals surface area (Å²) in [6, 6.07) is 7.22. The monoisotopic (exact) mass is 312 g/mol. The van der Waals surface area contributed by atoms with Crippen molar-refractivity contribution in [2.24, 2.45) is 5.14 Å². The molecule has 0 bridgehead atoms. The fourth-order valence-electron chi connectivity index (χ4n) is 2.41. The van der Waals surface area contributed by atoms with E-state index in [-0.39, 0.29) is 24.9 Å². The topological polar surface area (TPSA) is 110 Å². The molecule has 8 heteroatoms. The Kier molecular flexibility index (Phi) is 4.50. The highest BCUT2D eigenvalue weighted by Crippen LogP contribution is 2.21. The van der Waals surface area contributed by atoms with E-state index in [2.05, 4.69) is 0 Å². The van der Waals surface area contributed by atoms with Gasteiger partial charge in [-0.1, -0.05) is 12.1 Å². The van der Waals surface area contributed by atoms with Crippen LogP contribution >= 0.6 is 0 Å². The zero-order valence-electron chi connectivity index (χ0n) is 11.9. The van der Waals surface area contributed by atoms with E-state index in [1.807, 2.05) is 19.1 Å². The number of anilines is 1. The molecule has 0 aromatic heterocycles. The van der Waals surface area contributed by atoms with Crippen LogP contribution in [-0.4, -0.2) is 49.7 Å². The first kappa shape index (κ1) is 15.7. The highest BCUT2D eigenvalue weighted by Gasteiger charge is 2.29. The van der Waals surface area contributed by atoms with Crippen molar-refractivity contribution in [2.75, 3.05) is 31.9 Å². The first-order valence-electron chi connectivity index (χ1n) is 6.71. The lowest BCUT2D eigenvalue weighted by Gasteiger charge is -2.34. The SMILES string of the molecule is CC(C(=O)N1CCN(S(N)(=O)=O)CC1)c1cccc(N)c1. The van der Waals surface area contributed by atoms with E-state index < -0.39 is 10.2 Å². The van der Waals surface area contributed by atoms with Gasteiger partial charge < -0.3 is 10.6 Å². The van der Waals surface area contributed by atoms with Crippen LogP contribution in [0.2, 0.25) is 0 Å². The summed E-state index contributed by atoms with van der Waals surface area (Å²) >= 11 is 0. The van der Waals surface area contributed by atoms with Gasteiger partial charge in [-0.3, -0.25) is 4.79 Å². The molecule has 116 valence electrons. The zero-order valence-corrected chi connectivity index (χ0v) is 12.7. The molecule has 21 heavy (non-hydrogen) atoms. The van der Waals surface area contributed by atoms with Crippen molar-refractivity contribution in [3.05, 3.63) is 29.8 Å². The third-order valence-electron chi connectivity index (χ3n) is 3.69. The summed E-state index contributed by atoms with van der Waals surface area (Å²) in [5, 5.41) is 5.08. The smallest absolute Gasteiger partial charge is 0.277 e. The molecular formula is C13H20N4O3S. The molecule has 1 atom stereocenters. The number of amides is 1. The number of hydrogen-bond donors (Lipinski definition) is 2. The van der Waals surface area contributed by atoms with Gasteiger partial charge in [-0.15, -0.1) is 0 Å². The van der Waals surface area contributed by atoms with Crippen LogP contribution in [0.5, 0.6) is 0 Å². The quantitative estimate of drug-likeness (QED) is 0.748. The molecular weight excluding hydrogens is 292 g/mol. The van der Waals surface area contributed by atoms with Crippen molar-refractivity contribution in [3.8, 4) is 0 Å². The summed E-state index contributed by atoms with van der Waals surface area (Å²) in [6.45, 7) is 2.98. The minimum absolute atomic E-state index is 0.0327. The second-order valence-corrected chi connectivity index (χ2v) is 6.71. The summed E-state index contributed by atoms with van der Waals surface area (Å²) in [6.07, 6.45) is 0. The van der Waals surface area contributed by atoms with E-state index in [0.717, 1.165) is 5.56 Å². The highest BCUT2D eigenvalue weighted by molar-refractivity contribution is 7.86. The number of nitrogens with two attached hydrogens (primary N) is 2. The van der Waals surface area contributed by atoms with Gasteiger partial charge in [-0.2, -0.15) is 12.7 Å². The van der Waals surface area contributed by atoms with Gasteiger partial charge in [0.2, 0.25) is 5.91 Å². The number of carbonyl (C=O) groups excluding carboxylic acids is 1. The normalized spacial score (nSPS) is 18.5. The maximum absolute atomic E-state index is 12.5. The Balaban J connectivity index is 2.02. The Morgan fingerprint density at radius 1 is 1.24 bits per heavy atom. The minimum atomic E-state index is -3.67. The lowest BCUT2D eigenvalue weighted by molar-refractivity contribution is -0.133. The van der Waals surface area contributed by atoms with E-state index >= 15 is 0 Å². The zero-order chi connectivity index (χ0) is 15.6. The van der Waals surface area contributed by atoms with Crippen molar-refractivity contribution in [1.82, 2.24) is 9.21 Å². The number of hydrogen-bond acceptors (Lipinski definition) is 4. The third kappa shape index (κ3) is 3.72. The van der Waals surface area contributed by atoms with Crippen LogP contribution in [0.25, 0.3) is 0 Å². The molecule has 4 N–H and O–H groups in total. The maximum atomic E-state index is 12.5. The summed E-state index contributed by atoms with van der Waals surface area (Å²) in [4.78, 5) is 14.1. The van der Waals surface area contributed by atoms with Gasteiger partial charge in [0.1, 0.15) is 0 Å². The highest BCUT2D eigenvalue weighted by atomic mass is 32.2. The molecule has 1 amide bonds. The van der Waals surface area contributed by atoms with Crippen LogP contribution in [-0.2, 0) is 15.0 Å². The van der Waals surface area contributed by atoms with Gasteiger partial charge in [-0.25, -0.2) is 5.14 Å². The van der Waals surface area contributed by atoms with E-state index in [4.69, 9.17) is 10.9 Å². The van der Waals surface area contributed by atoms with Crippen LogP contribution in [0.1, 0.15) is 18.4 Å². The summed E-state index contributed by atoms with van der Waals surface area (Å²) in [5.41, 5.74) is 7.20. The lowest BCUT2D eigenvalue weighted by Crippen LogP contribution is -2.52. The predicted molar refractivity (Wildman–Crippen MR) is 80.5 cm³/mol. The second kappa shape index (κ2) is 6.00. The minimum Gasteiger partial charge on any atom is -0.399 e. The Morgan fingerprint density at radius 2 is 1.86 bits per heavy atom. The summed E-state index contributed by atoms with van der Waals surface area (Å²) in [7, 11) is -3.67. The molecule has 1 heterocycles. The lowest BCUT2D eigenvalue weighted by atomic mass is 9.99. The van der Waals surface area contributed by atoms with E-state index in [1.54, 1.807) is 17.0 Å². The molecule has 1 fully saturated rings. The Hall–Kier alpha value is -1.64. The van der Waals surface area contributed by atoms with Crippen LogP contribution in [0.4, 0.5) is 5.69 Å². The van der Waals surface area contributed by atoms with Gasteiger partial charge in [0.25, 0.3) is 10.2 Å². The molecule has 1 aromatic carbocycles. The van der Waals surface area contributed by atoms with Crippen LogP contribution < -0.4 is 10.9 Å². The summed E-state index contributed by atoms with van der Waals surface area (Å²) < 4.78 is 23.7. The van der Waals surface area contributed by atoms with Crippen LogP contribution in [0, 0.1) is 0 Å². The van der Waals surface area contributed by atoms with Gasteiger partial charge in [0, 0.05) is 31.9 Å². The predicted octanol–water partition coefficient (Wildman–Crippen LogP) is -0.280. The van der Waals surface area contributed by atoms with Crippen molar-refractivity contribution in [2.45, 2.75) is 12.8 Å². The van der Waals surface area contributed by atoms with E-state index in [9.17, 15) is 13.2 Å². The molecule has 0 radical (unpaired) electrons. The number of carbonyl (C=O) groups is 1. The molecule has 1 saturated heterocycles. The van der Waals surface area contributed by atoms with Crippen molar-refractivity contribution in [3.63, 3.8) is 0 Å². The molecule has 1 unspecified atom stereocenters. The number of benzene rings is 1. The fourth-order valence-corrected chi connectivity index (χ4v) is 3.08. The second-order valence-electron chi connectivity index (χ2n) is 5.16. The number of nitrogen functional groups attached to an aromatic ring is 1. The number of piperazine rings is 1. The first-order chi connectivity index (χ1) is 9.79. The van der Waals surface area contributed by atoms with E-state index in [1.165, 1.54) is 4.31 Å². The standard InChI is InChI=1S/C13H20N4O3S/c1-10(11-3-2-4-12(14)9-11)13(18)16-5-7-17(8-6-16)21(15,19)20/h2-4,9-10H,5-8,14H2,1H3,(H2,15,19,20). The fraction of sp³-hybridized carbons (Fsp3) is 0.462. The largest absolute Gasteiger partial charge is 0.399 e. The molecule has 7 nitrogen and oxygen atoms in total. The number of nitrogens with zero attached hydrogens (tertiary/aromatic N) is 2. The van der Waals surface area contributed by atoms with Crippen molar-refractivity contribution < 1.29 is 13.2 Å². The Labute approximate surface area is 124 Å². The molecule has 0 aliphatic carbocycles.